The summed E-state index contributed by atoms with van der Waals surface area (Å²) in [7, 11) is 0. The van der Waals surface area contributed by atoms with Gasteiger partial charge in [0.05, 0.1) is 5.69 Å². The minimum atomic E-state index is -4.41. The largest absolute Gasteiger partial charge is 0.433 e. The zero-order chi connectivity index (χ0) is 11.8. The first kappa shape index (κ1) is 10.7. The number of alkyl halides is 3. The fourth-order valence-electron chi connectivity index (χ4n) is 1.60. The molecule has 0 saturated carbocycles. The van der Waals surface area contributed by atoms with E-state index in [1.165, 1.54) is 0 Å². The van der Waals surface area contributed by atoms with E-state index in [0.29, 0.717) is 11.3 Å². The summed E-state index contributed by atoms with van der Waals surface area (Å²) in [6, 6.07) is 8.41. The molecule has 0 aliphatic heterocycles. The number of hydrogen-bond donors (Lipinski definition) is 1. The number of rotatable bonds is 1. The van der Waals surface area contributed by atoms with Crippen LogP contribution >= 0.6 is 0 Å². The lowest BCUT2D eigenvalue weighted by Crippen LogP contribution is -2.07. The second kappa shape index (κ2) is 3.66. The molecular weight excluding hydrogens is 217 g/mol. The van der Waals surface area contributed by atoms with Crippen LogP contribution in [0.1, 0.15) is 11.4 Å². The van der Waals surface area contributed by atoms with Gasteiger partial charge in [-0.2, -0.15) is 18.3 Å². The van der Waals surface area contributed by atoms with Gasteiger partial charge in [-0.15, -0.1) is 0 Å². The fraction of sp³-hybridized carbons (Fsp3) is 0.182. The van der Waals surface area contributed by atoms with Crippen LogP contribution in [0.4, 0.5) is 13.2 Å². The molecule has 0 bridgehead atoms. The van der Waals surface area contributed by atoms with Crippen molar-refractivity contribution < 1.29 is 13.2 Å². The molecule has 84 valence electrons. The van der Waals surface area contributed by atoms with Gasteiger partial charge >= 0.3 is 6.18 Å². The van der Waals surface area contributed by atoms with Gasteiger partial charge in [-0.1, -0.05) is 30.3 Å². The number of benzene rings is 1. The molecule has 2 aromatic rings. The summed E-state index contributed by atoms with van der Waals surface area (Å²) in [4.78, 5) is 0. The predicted octanol–water partition coefficient (Wildman–Crippen LogP) is 3.40. The van der Waals surface area contributed by atoms with Gasteiger partial charge in [0.15, 0.2) is 0 Å². The van der Waals surface area contributed by atoms with Crippen LogP contribution < -0.4 is 0 Å². The van der Waals surface area contributed by atoms with Crippen LogP contribution in [0.25, 0.3) is 11.1 Å². The first-order valence-corrected chi connectivity index (χ1v) is 4.67. The van der Waals surface area contributed by atoms with E-state index in [0.717, 1.165) is 0 Å². The van der Waals surface area contributed by atoms with Crippen molar-refractivity contribution in [1.29, 1.82) is 0 Å². The summed E-state index contributed by atoms with van der Waals surface area (Å²) in [6.07, 6.45) is -4.41. The molecule has 0 unspecified atom stereocenters. The molecule has 0 atom stereocenters. The topological polar surface area (TPSA) is 28.7 Å². The van der Waals surface area contributed by atoms with E-state index in [9.17, 15) is 13.2 Å². The standard InChI is InChI=1S/C11H9F3N2/c1-7-9(8-5-3-2-4-6-8)10(16-15-7)11(12,13)14/h2-6H,1H3,(H,15,16). The van der Waals surface area contributed by atoms with Gasteiger partial charge in [0.25, 0.3) is 0 Å². The maximum absolute atomic E-state index is 12.7. The molecule has 0 fully saturated rings. The number of aryl methyl sites for hydroxylation is 1. The van der Waals surface area contributed by atoms with Crippen molar-refractivity contribution in [3.63, 3.8) is 0 Å². The molecule has 2 nitrogen and oxygen atoms in total. The smallest absolute Gasteiger partial charge is 0.273 e. The molecule has 0 aliphatic rings. The summed E-state index contributed by atoms with van der Waals surface area (Å²) in [5.41, 5.74) is 0.184. The van der Waals surface area contributed by atoms with Gasteiger partial charge in [0.2, 0.25) is 0 Å². The third-order valence-electron chi connectivity index (χ3n) is 2.29. The Kier molecular flexibility index (Phi) is 2.46. The Morgan fingerprint density at radius 1 is 1.12 bits per heavy atom. The molecule has 1 N–H and O–H groups in total. The van der Waals surface area contributed by atoms with Crippen LogP contribution in [0.15, 0.2) is 30.3 Å². The Hall–Kier alpha value is -1.78. The Balaban J connectivity index is 2.61. The summed E-state index contributed by atoms with van der Waals surface area (Å²) in [5, 5.41) is 5.65. The third-order valence-corrected chi connectivity index (χ3v) is 2.29. The number of H-pyrrole nitrogens is 1. The van der Waals surface area contributed by atoms with E-state index in [2.05, 4.69) is 5.10 Å². The number of halogens is 3. The van der Waals surface area contributed by atoms with Crippen molar-refractivity contribution in [3.05, 3.63) is 41.7 Å². The first-order valence-electron chi connectivity index (χ1n) is 4.67. The lowest BCUT2D eigenvalue weighted by molar-refractivity contribution is -0.140. The Morgan fingerprint density at radius 3 is 2.31 bits per heavy atom. The van der Waals surface area contributed by atoms with Gasteiger partial charge in [-0.25, -0.2) is 0 Å². The van der Waals surface area contributed by atoms with Crippen LogP contribution in [0.2, 0.25) is 0 Å². The minimum absolute atomic E-state index is 0.119. The van der Waals surface area contributed by atoms with E-state index >= 15 is 0 Å². The third kappa shape index (κ3) is 1.80. The van der Waals surface area contributed by atoms with E-state index in [1.54, 1.807) is 37.3 Å². The van der Waals surface area contributed by atoms with Gasteiger partial charge in [0, 0.05) is 5.56 Å². The molecule has 0 saturated heterocycles. The van der Waals surface area contributed by atoms with Gasteiger partial charge in [-0.3, -0.25) is 5.10 Å². The Labute approximate surface area is 90.1 Å². The number of nitrogens with one attached hydrogen (secondary N) is 1. The van der Waals surface area contributed by atoms with Crippen LogP contribution in [-0.4, -0.2) is 10.2 Å². The molecule has 0 aliphatic carbocycles. The van der Waals surface area contributed by atoms with Crippen LogP contribution in [0.3, 0.4) is 0 Å². The number of aromatic nitrogens is 2. The highest BCUT2D eigenvalue weighted by molar-refractivity contribution is 5.68. The van der Waals surface area contributed by atoms with Crippen LogP contribution in [-0.2, 0) is 6.18 Å². The Morgan fingerprint density at radius 2 is 1.75 bits per heavy atom. The molecule has 0 spiro atoms. The maximum Gasteiger partial charge on any atom is 0.433 e. The molecule has 0 radical (unpaired) electrons. The summed E-state index contributed by atoms with van der Waals surface area (Å²) >= 11 is 0. The maximum atomic E-state index is 12.7. The summed E-state index contributed by atoms with van der Waals surface area (Å²) in [5.74, 6) is 0. The summed E-state index contributed by atoms with van der Waals surface area (Å²) in [6.45, 7) is 1.55. The van der Waals surface area contributed by atoms with Crippen molar-refractivity contribution in [1.82, 2.24) is 10.2 Å². The second-order valence-electron chi connectivity index (χ2n) is 3.42. The highest BCUT2D eigenvalue weighted by Crippen LogP contribution is 2.36. The number of hydrogen-bond acceptors (Lipinski definition) is 1. The van der Waals surface area contributed by atoms with Crippen molar-refractivity contribution >= 4 is 0 Å². The van der Waals surface area contributed by atoms with E-state index in [4.69, 9.17) is 0 Å². The molecule has 5 heteroatoms. The average molecular weight is 226 g/mol. The van der Waals surface area contributed by atoms with Crippen LogP contribution in [0.5, 0.6) is 0 Å². The quantitative estimate of drug-likeness (QED) is 0.793. The molecule has 1 aromatic carbocycles. The monoisotopic (exact) mass is 226 g/mol. The predicted molar refractivity (Wildman–Crippen MR) is 53.8 cm³/mol. The highest BCUT2D eigenvalue weighted by atomic mass is 19.4. The minimum Gasteiger partial charge on any atom is -0.273 e. The normalized spacial score (nSPS) is 11.8. The van der Waals surface area contributed by atoms with Gasteiger partial charge in [-0.05, 0) is 12.5 Å². The summed E-state index contributed by atoms with van der Waals surface area (Å²) < 4.78 is 38.0. The highest BCUT2D eigenvalue weighted by Gasteiger charge is 2.36. The first-order chi connectivity index (χ1) is 7.50. The zero-order valence-electron chi connectivity index (χ0n) is 8.47. The number of nitrogens with zero attached hydrogens (tertiary/aromatic N) is 1. The van der Waals surface area contributed by atoms with Gasteiger partial charge < -0.3 is 0 Å². The van der Waals surface area contributed by atoms with E-state index < -0.39 is 11.9 Å². The molecule has 1 aromatic heterocycles. The molecule has 0 amide bonds. The van der Waals surface area contributed by atoms with E-state index in [1.807, 2.05) is 5.10 Å². The second-order valence-corrected chi connectivity index (χ2v) is 3.42. The SMILES string of the molecule is Cc1n[nH]c(C(F)(F)F)c1-c1ccccc1. The van der Waals surface area contributed by atoms with Crippen molar-refractivity contribution in [3.8, 4) is 11.1 Å². The van der Waals surface area contributed by atoms with Crippen LogP contribution in [0, 0.1) is 6.92 Å². The van der Waals surface area contributed by atoms with Crippen molar-refractivity contribution in [2.24, 2.45) is 0 Å². The van der Waals surface area contributed by atoms with Gasteiger partial charge in [0.1, 0.15) is 5.69 Å². The lowest BCUT2D eigenvalue weighted by atomic mass is 10.0. The van der Waals surface area contributed by atoms with Crippen molar-refractivity contribution in [2.45, 2.75) is 13.1 Å². The van der Waals surface area contributed by atoms with Crippen molar-refractivity contribution in [2.75, 3.05) is 0 Å². The number of aromatic amines is 1. The lowest BCUT2D eigenvalue weighted by Gasteiger charge is -2.07. The molecule has 16 heavy (non-hydrogen) atoms. The Bertz CT molecular complexity index is 486. The zero-order valence-corrected chi connectivity index (χ0v) is 8.47. The van der Waals surface area contributed by atoms with E-state index in [-0.39, 0.29) is 5.56 Å². The molecule has 1 heterocycles. The molecule has 2 rings (SSSR count). The molecular formula is C11H9F3N2. The fourth-order valence-corrected chi connectivity index (χ4v) is 1.60. The average Bonchev–Trinajstić information content (AvgIpc) is 2.61.